The van der Waals surface area contributed by atoms with E-state index in [0.717, 1.165) is 19.4 Å². The van der Waals surface area contributed by atoms with Gasteiger partial charge in [0.05, 0.1) is 18.4 Å². The van der Waals surface area contributed by atoms with Crippen LogP contribution >= 0.6 is 0 Å². The Hall–Kier alpha value is -1.56. The second-order valence-corrected chi connectivity index (χ2v) is 4.09. The van der Waals surface area contributed by atoms with E-state index < -0.39 is 0 Å². The van der Waals surface area contributed by atoms with Crippen molar-refractivity contribution in [2.45, 2.75) is 25.8 Å². The summed E-state index contributed by atoms with van der Waals surface area (Å²) in [6.45, 7) is 3.04. The number of nitrogens with one attached hydrogen (secondary N) is 2. The fraction of sp³-hybridized carbons (Fsp3) is 0.600. The van der Waals surface area contributed by atoms with Crippen LogP contribution in [-0.2, 0) is 4.79 Å². The highest BCUT2D eigenvalue weighted by molar-refractivity contribution is 5.93. The van der Waals surface area contributed by atoms with Gasteiger partial charge in [-0.3, -0.25) is 10.1 Å². The van der Waals surface area contributed by atoms with E-state index in [4.69, 9.17) is 0 Å². The molecule has 2 heterocycles. The van der Waals surface area contributed by atoms with E-state index in [-0.39, 0.29) is 17.9 Å². The first-order valence-corrected chi connectivity index (χ1v) is 5.43. The van der Waals surface area contributed by atoms with Gasteiger partial charge in [0, 0.05) is 0 Å². The number of rotatable bonds is 2. The lowest BCUT2D eigenvalue weighted by Crippen LogP contribution is -2.45. The molecule has 16 heavy (non-hydrogen) atoms. The van der Waals surface area contributed by atoms with Crippen LogP contribution in [0.5, 0.6) is 0 Å². The molecule has 1 fully saturated rings. The molecule has 1 aromatic heterocycles. The molecule has 0 saturated carbocycles. The molecule has 2 N–H and O–H groups in total. The van der Waals surface area contributed by atoms with E-state index >= 15 is 0 Å². The molecule has 1 aliphatic heterocycles. The average Bonchev–Trinajstić information content (AvgIpc) is 2.30. The summed E-state index contributed by atoms with van der Waals surface area (Å²) in [4.78, 5) is 15.7. The molecule has 0 aromatic carbocycles. The Kier molecular flexibility index (Phi) is 3.40. The van der Waals surface area contributed by atoms with Gasteiger partial charge in [-0.15, -0.1) is 5.10 Å². The van der Waals surface area contributed by atoms with Gasteiger partial charge in [-0.05, 0) is 25.3 Å². The number of piperidine rings is 1. The van der Waals surface area contributed by atoms with Crippen LogP contribution in [-0.4, -0.2) is 33.7 Å². The van der Waals surface area contributed by atoms with Crippen molar-refractivity contribution in [3.63, 3.8) is 0 Å². The minimum Gasteiger partial charge on any atom is -0.306 e. The normalized spacial score (nSPS) is 25.1. The van der Waals surface area contributed by atoms with E-state index in [9.17, 15) is 4.79 Å². The first kappa shape index (κ1) is 10.9. The molecule has 0 aliphatic carbocycles. The van der Waals surface area contributed by atoms with E-state index in [1.54, 1.807) is 0 Å². The number of hydrogen-bond donors (Lipinski definition) is 2. The Labute approximate surface area is 93.9 Å². The molecule has 2 atom stereocenters. The summed E-state index contributed by atoms with van der Waals surface area (Å²) in [6, 6.07) is -0.146. The maximum absolute atomic E-state index is 11.8. The van der Waals surface area contributed by atoms with E-state index in [1.165, 1.54) is 12.4 Å². The predicted molar refractivity (Wildman–Crippen MR) is 58.6 cm³/mol. The zero-order valence-corrected chi connectivity index (χ0v) is 9.18. The van der Waals surface area contributed by atoms with Gasteiger partial charge in [0.2, 0.25) is 11.9 Å². The van der Waals surface area contributed by atoms with Crippen LogP contribution in [0.15, 0.2) is 12.4 Å². The van der Waals surface area contributed by atoms with Crippen LogP contribution in [0.1, 0.15) is 19.8 Å². The second-order valence-electron chi connectivity index (χ2n) is 4.09. The summed E-state index contributed by atoms with van der Waals surface area (Å²) >= 11 is 0. The van der Waals surface area contributed by atoms with E-state index in [0.29, 0.717) is 5.92 Å². The molecule has 1 saturated heterocycles. The number of amides is 1. The molecule has 6 heteroatoms. The van der Waals surface area contributed by atoms with Gasteiger partial charge in [0.15, 0.2) is 0 Å². The maximum atomic E-state index is 11.8. The summed E-state index contributed by atoms with van der Waals surface area (Å²) < 4.78 is 0. The first-order valence-electron chi connectivity index (χ1n) is 5.43. The molecular formula is C10H15N5O. The van der Waals surface area contributed by atoms with Crippen LogP contribution in [0, 0.1) is 5.92 Å². The van der Waals surface area contributed by atoms with Crippen molar-refractivity contribution in [2.75, 3.05) is 11.9 Å². The van der Waals surface area contributed by atoms with Crippen LogP contribution in [0.25, 0.3) is 0 Å². The lowest BCUT2D eigenvalue weighted by Gasteiger charge is -2.26. The molecule has 1 aromatic rings. The molecular weight excluding hydrogens is 206 g/mol. The van der Waals surface area contributed by atoms with Crippen molar-refractivity contribution in [1.82, 2.24) is 20.5 Å². The van der Waals surface area contributed by atoms with E-state index in [1.807, 2.05) is 0 Å². The molecule has 86 valence electrons. The molecule has 6 nitrogen and oxygen atoms in total. The Morgan fingerprint density at radius 3 is 3.12 bits per heavy atom. The number of carbonyl (C=O) groups excluding carboxylic acids is 1. The number of anilines is 1. The lowest BCUT2D eigenvalue weighted by atomic mass is 9.94. The third-order valence-corrected chi connectivity index (χ3v) is 2.70. The number of carbonyl (C=O) groups is 1. The average molecular weight is 221 g/mol. The number of nitrogens with zero attached hydrogens (tertiary/aromatic N) is 3. The van der Waals surface area contributed by atoms with Gasteiger partial charge >= 0.3 is 0 Å². The highest BCUT2D eigenvalue weighted by Crippen LogP contribution is 2.15. The summed E-state index contributed by atoms with van der Waals surface area (Å²) in [5.74, 6) is 0.749. The summed E-state index contributed by atoms with van der Waals surface area (Å²) in [7, 11) is 0. The van der Waals surface area contributed by atoms with Gasteiger partial charge in [-0.25, -0.2) is 4.98 Å². The molecule has 2 unspecified atom stereocenters. The fourth-order valence-electron chi connectivity index (χ4n) is 1.81. The molecule has 1 amide bonds. The number of hydrogen-bond acceptors (Lipinski definition) is 5. The summed E-state index contributed by atoms with van der Waals surface area (Å²) in [6.07, 6.45) is 4.94. The Morgan fingerprint density at radius 2 is 2.44 bits per heavy atom. The Bertz CT molecular complexity index is 355. The van der Waals surface area contributed by atoms with Crippen LogP contribution in [0.3, 0.4) is 0 Å². The van der Waals surface area contributed by atoms with Gasteiger partial charge in [-0.1, -0.05) is 6.92 Å². The third kappa shape index (κ3) is 2.73. The molecule has 0 spiro atoms. The van der Waals surface area contributed by atoms with Crippen molar-refractivity contribution < 1.29 is 4.79 Å². The SMILES string of the molecule is CC1CCNC(C(=O)Nc2nccnn2)C1. The summed E-state index contributed by atoms with van der Waals surface area (Å²) in [5, 5.41) is 13.2. The Balaban J connectivity index is 1.93. The van der Waals surface area contributed by atoms with Crippen LogP contribution in [0.2, 0.25) is 0 Å². The lowest BCUT2D eigenvalue weighted by molar-refractivity contribution is -0.119. The molecule has 0 bridgehead atoms. The van der Waals surface area contributed by atoms with Crippen molar-refractivity contribution in [3.8, 4) is 0 Å². The van der Waals surface area contributed by atoms with E-state index in [2.05, 4.69) is 32.7 Å². The molecule has 1 aliphatic rings. The highest BCUT2D eigenvalue weighted by atomic mass is 16.2. The predicted octanol–water partition coefficient (Wildman–Crippen LogP) is 0.198. The van der Waals surface area contributed by atoms with Gasteiger partial charge in [0.25, 0.3) is 0 Å². The van der Waals surface area contributed by atoms with Gasteiger partial charge in [-0.2, -0.15) is 5.10 Å². The van der Waals surface area contributed by atoms with Crippen LogP contribution < -0.4 is 10.6 Å². The minimum atomic E-state index is -0.146. The number of aromatic nitrogens is 3. The maximum Gasteiger partial charge on any atom is 0.249 e. The topological polar surface area (TPSA) is 79.8 Å². The molecule has 0 radical (unpaired) electrons. The third-order valence-electron chi connectivity index (χ3n) is 2.70. The van der Waals surface area contributed by atoms with Crippen molar-refractivity contribution in [3.05, 3.63) is 12.4 Å². The Morgan fingerprint density at radius 1 is 1.56 bits per heavy atom. The quantitative estimate of drug-likeness (QED) is 0.745. The van der Waals surface area contributed by atoms with Gasteiger partial charge < -0.3 is 5.32 Å². The second kappa shape index (κ2) is 4.98. The largest absolute Gasteiger partial charge is 0.306 e. The zero-order valence-electron chi connectivity index (χ0n) is 9.18. The van der Waals surface area contributed by atoms with Crippen LogP contribution in [0.4, 0.5) is 5.95 Å². The minimum absolute atomic E-state index is 0.0837. The monoisotopic (exact) mass is 221 g/mol. The fourth-order valence-corrected chi connectivity index (χ4v) is 1.81. The van der Waals surface area contributed by atoms with Crippen molar-refractivity contribution >= 4 is 11.9 Å². The molecule has 2 rings (SSSR count). The van der Waals surface area contributed by atoms with Crippen molar-refractivity contribution in [2.24, 2.45) is 5.92 Å². The highest BCUT2D eigenvalue weighted by Gasteiger charge is 2.24. The van der Waals surface area contributed by atoms with Crippen molar-refractivity contribution in [1.29, 1.82) is 0 Å². The zero-order chi connectivity index (χ0) is 11.4. The standard InChI is InChI=1S/C10H15N5O/c1-7-2-3-11-8(6-7)9(16)14-10-12-4-5-13-15-10/h4-5,7-8,11H,2-3,6H2,1H3,(H,12,14,15,16). The first-order chi connectivity index (χ1) is 7.75. The summed E-state index contributed by atoms with van der Waals surface area (Å²) in [5.41, 5.74) is 0. The van der Waals surface area contributed by atoms with Gasteiger partial charge in [0.1, 0.15) is 0 Å². The smallest absolute Gasteiger partial charge is 0.249 e.